The van der Waals surface area contributed by atoms with Crippen molar-refractivity contribution in [3.63, 3.8) is 0 Å². The first-order valence-corrected chi connectivity index (χ1v) is 8.05. The molecular weight excluding hydrogens is 294 g/mol. The van der Waals surface area contributed by atoms with Crippen LogP contribution in [0.1, 0.15) is 12.8 Å². The summed E-state index contributed by atoms with van der Waals surface area (Å²) in [5.41, 5.74) is 0.805. The van der Waals surface area contributed by atoms with Gasteiger partial charge in [0, 0.05) is 19.0 Å². The third-order valence-electron chi connectivity index (χ3n) is 5.73. The molecule has 1 aromatic carbocycles. The van der Waals surface area contributed by atoms with Crippen molar-refractivity contribution in [3.8, 4) is 5.75 Å². The Morgan fingerprint density at radius 1 is 1.13 bits per heavy atom. The lowest BCUT2D eigenvalue weighted by molar-refractivity contribution is -0.138. The second kappa shape index (κ2) is 4.34. The third kappa shape index (κ3) is 1.56. The molecule has 0 aromatic heterocycles. The zero-order valence-corrected chi connectivity index (χ0v) is 12.8. The van der Waals surface area contributed by atoms with Crippen molar-refractivity contribution < 1.29 is 14.3 Å². The van der Waals surface area contributed by atoms with Gasteiger partial charge >= 0.3 is 0 Å². The van der Waals surface area contributed by atoms with Gasteiger partial charge in [-0.25, -0.2) is 4.99 Å². The van der Waals surface area contributed by atoms with Gasteiger partial charge in [0.05, 0.1) is 11.8 Å². The second-order valence-electron chi connectivity index (χ2n) is 6.72. The Bertz CT molecular complexity index is 759. The molecule has 0 N–H and O–H groups in total. The highest BCUT2D eigenvalue weighted by Gasteiger charge is 2.62. The number of piperidine rings is 2. The molecule has 4 fully saturated rings. The van der Waals surface area contributed by atoms with Crippen molar-refractivity contribution in [1.29, 1.82) is 0 Å². The van der Waals surface area contributed by atoms with Crippen LogP contribution in [0.3, 0.4) is 0 Å². The number of amidine groups is 1. The van der Waals surface area contributed by atoms with Gasteiger partial charge in [-0.15, -0.1) is 0 Å². The van der Waals surface area contributed by atoms with Gasteiger partial charge in [-0.3, -0.25) is 14.5 Å². The van der Waals surface area contributed by atoms with Crippen molar-refractivity contribution >= 4 is 23.3 Å². The molecule has 0 radical (unpaired) electrons. The molecule has 0 unspecified atom stereocenters. The fraction of sp³-hybridized carbons (Fsp3) is 0.471. The van der Waals surface area contributed by atoms with Gasteiger partial charge in [0.2, 0.25) is 11.8 Å². The molecule has 1 saturated carbocycles. The molecule has 1 aliphatic carbocycles. The number of rotatable bonds is 0. The van der Waals surface area contributed by atoms with Crippen LogP contribution in [0.15, 0.2) is 29.3 Å². The van der Waals surface area contributed by atoms with E-state index in [1.54, 1.807) is 7.05 Å². The zero-order valence-electron chi connectivity index (χ0n) is 12.8. The Labute approximate surface area is 133 Å². The summed E-state index contributed by atoms with van der Waals surface area (Å²) in [5, 5.41) is 0. The van der Waals surface area contributed by atoms with Crippen molar-refractivity contribution in [3.05, 3.63) is 24.3 Å². The molecule has 2 bridgehead atoms. The number of benzene rings is 1. The van der Waals surface area contributed by atoms with E-state index in [-0.39, 0.29) is 35.6 Å². The van der Waals surface area contributed by atoms with Crippen LogP contribution in [0.2, 0.25) is 0 Å². The topological polar surface area (TPSA) is 62.2 Å². The van der Waals surface area contributed by atoms with Gasteiger partial charge in [0.15, 0.2) is 6.73 Å². The lowest BCUT2D eigenvalue weighted by atomic mass is 9.65. The normalized spacial score (nSPS) is 34.4. The van der Waals surface area contributed by atoms with Crippen LogP contribution in [0.25, 0.3) is 0 Å². The summed E-state index contributed by atoms with van der Waals surface area (Å²) in [7, 11) is 1.60. The summed E-state index contributed by atoms with van der Waals surface area (Å²) in [6.07, 6.45) is 1.83. The monoisotopic (exact) mass is 311 g/mol. The third-order valence-corrected chi connectivity index (χ3v) is 5.73. The number of aliphatic imine (C=N–C) groups is 1. The maximum Gasteiger partial charge on any atom is 0.234 e. The Balaban J connectivity index is 1.64. The molecule has 6 nitrogen and oxygen atoms in total. The van der Waals surface area contributed by atoms with Gasteiger partial charge in [-0.2, -0.15) is 0 Å². The van der Waals surface area contributed by atoms with Crippen molar-refractivity contribution in [2.75, 3.05) is 13.8 Å². The zero-order chi connectivity index (χ0) is 15.7. The van der Waals surface area contributed by atoms with E-state index in [9.17, 15) is 9.59 Å². The number of amides is 2. The summed E-state index contributed by atoms with van der Waals surface area (Å²) in [5.74, 6) is 1.12. The number of nitrogens with zero attached hydrogens (tertiary/aromatic N) is 3. The van der Waals surface area contributed by atoms with Crippen molar-refractivity contribution in [2.24, 2.45) is 22.7 Å². The number of carbonyl (C=O) groups excluding carboxylic acids is 2. The summed E-state index contributed by atoms with van der Waals surface area (Å²) < 4.78 is 5.91. The Kier molecular flexibility index (Phi) is 2.47. The number of hydrogen-bond donors (Lipinski definition) is 0. The summed E-state index contributed by atoms with van der Waals surface area (Å²) in [4.78, 5) is 33.3. The number of carbonyl (C=O) groups is 2. The van der Waals surface area contributed by atoms with Crippen molar-refractivity contribution in [1.82, 2.24) is 9.80 Å². The number of hydrogen-bond acceptors (Lipinski definition) is 5. The highest BCUT2D eigenvalue weighted by Crippen LogP contribution is 2.50. The highest BCUT2D eigenvalue weighted by atomic mass is 16.5. The molecule has 4 aliphatic heterocycles. The van der Waals surface area contributed by atoms with E-state index in [1.807, 2.05) is 24.3 Å². The number of para-hydroxylation sites is 2. The average Bonchev–Trinajstić information content (AvgIpc) is 2.76. The maximum absolute atomic E-state index is 12.5. The molecule has 2 amide bonds. The van der Waals surface area contributed by atoms with E-state index in [0.717, 1.165) is 30.1 Å². The quantitative estimate of drug-likeness (QED) is 0.679. The summed E-state index contributed by atoms with van der Waals surface area (Å²) >= 11 is 0. The van der Waals surface area contributed by atoms with E-state index in [0.29, 0.717) is 6.73 Å². The van der Waals surface area contributed by atoms with Crippen LogP contribution in [0, 0.1) is 17.8 Å². The molecule has 1 aromatic rings. The van der Waals surface area contributed by atoms with Gasteiger partial charge < -0.3 is 9.64 Å². The van der Waals surface area contributed by atoms with E-state index >= 15 is 0 Å². The number of fused-ring (bicyclic) bond motifs is 2. The van der Waals surface area contributed by atoms with Crippen LogP contribution >= 0.6 is 0 Å². The fourth-order valence-electron chi connectivity index (χ4n) is 4.66. The van der Waals surface area contributed by atoms with Crippen molar-refractivity contribution in [2.45, 2.75) is 18.9 Å². The number of likely N-dealkylation sites (tertiary alicyclic amines) is 1. The Morgan fingerprint density at radius 3 is 2.78 bits per heavy atom. The highest BCUT2D eigenvalue weighted by molar-refractivity contribution is 6.09. The lowest BCUT2D eigenvalue weighted by Gasteiger charge is -2.50. The Hall–Kier alpha value is -2.37. The van der Waals surface area contributed by atoms with Gasteiger partial charge in [0.1, 0.15) is 17.3 Å². The second-order valence-corrected chi connectivity index (χ2v) is 6.72. The lowest BCUT2D eigenvalue weighted by Crippen LogP contribution is -2.62. The van der Waals surface area contributed by atoms with Gasteiger partial charge in [0.25, 0.3) is 0 Å². The number of ether oxygens (including phenoxy) is 1. The molecule has 5 aliphatic rings. The fourth-order valence-corrected chi connectivity index (χ4v) is 4.66. The van der Waals surface area contributed by atoms with Crippen LogP contribution in [0.4, 0.5) is 5.69 Å². The average molecular weight is 311 g/mol. The summed E-state index contributed by atoms with van der Waals surface area (Å²) in [6, 6.07) is 7.71. The van der Waals surface area contributed by atoms with Crippen LogP contribution in [0.5, 0.6) is 5.75 Å². The molecule has 4 atom stereocenters. The minimum Gasteiger partial charge on any atom is -0.471 e. The SMILES string of the molecule is CN1C(=O)[C@@H]2[C@H](C1=O)[C@@H]1CC[C@H]2C2=Nc3ccccc3OCN21. The smallest absolute Gasteiger partial charge is 0.234 e. The minimum absolute atomic E-state index is 0.0134. The standard InChI is InChI=1S/C17H17N3O3/c1-19-16(21)13-9-6-7-11(14(13)17(19)22)20-8-23-12-5-3-2-4-10(12)18-15(9)20/h2-5,9,11,13-14H,6-8H2,1H3/t9-,11+,13+,14-/m1/s1. The van der Waals surface area contributed by atoms with E-state index in [4.69, 9.17) is 9.73 Å². The van der Waals surface area contributed by atoms with Gasteiger partial charge in [-0.1, -0.05) is 12.1 Å². The number of imide groups is 1. The first kappa shape index (κ1) is 13.1. The predicted molar refractivity (Wildman–Crippen MR) is 82.1 cm³/mol. The van der Waals surface area contributed by atoms with E-state index in [1.165, 1.54) is 4.90 Å². The molecule has 0 spiro atoms. The minimum atomic E-state index is -0.244. The molecule has 23 heavy (non-hydrogen) atoms. The predicted octanol–water partition coefficient (Wildman–Crippen LogP) is 1.39. The van der Waals surface area contributed by atoms with E-state index in [2.05, 4.69) is 4.90 Å². The molecule has 118 valence electrons. The first-order valence-electron chi connectivity index (χ1n) is 8.05. The molecule has 4 heterocycles. The Morgan fingerprint density at radius 2 is 1.91 bits per heavy atom. The van der Waals surface area contributed by atoms with E-state index < -0.39 is 0 Å². The van der Waals surface area contributed by atoms with Crippen LogP contribution < -0.4 is 4.74 Å². The van der Waals surface area contributed by atoms with Crippen LogP contribution in [-0.4, -0.2) is 47.3 Å². The van der Waals surface area contributed by atoms with Gasteiger partial charge in [-0.05, 0) is 25.0 Å². The van der Waals surface area contributed by atoms with Crippen LogP contribution in [-0.2, 0) is 9.59 Å². The molecular formula is C17H17N3O3. The summed E-state index contributed by atoms with van der Waals surface area (Å²) in [6.45, 7) is 0.394. The molecule has 3 saturated heterocycles. The first-order chi connectivity index (χ1) is 11.2. The largest absolute Gasteiger partial charge is 0.471 e. The molecule has 6 rings (SSSR count). The maximum atomic E-state index is 12.5. The molecule has 6 heteroatoms.